The number of likely N-dealkylation sites (tertiary alicyclic amines) is 1. The molecule has 1 unspecified atom stereocenters. The van der Waals surface area contributed by atoms with Gasteiger partial charge >= 0.3 is 0 Å². The van der Waals surface area contributed by atoms with Gasteiger partial charge in [-0.15, -0.1) is 0 Å². The van der Waals surface area contributed by atoms with Crippen molar-refractivity contribution in [2.75, 3.05) is 13.1 Å². The molecular weight excluding hydrogens is 280 g/mol. The molecule has 2 atom stereocenters. The van der Waals surface area contributed by atoms with Crippen LogP contribution in [0.1, 0.15) is 37.4 Å². The van der Waals surface area contributed by atoms with Crippen molar-refractivity contribution in [1.82, 2.24) is 4.90 Å². The third-order valence-corrected chi connectivity index (χ3v) is 4.68. The minimum atomic E-state index is 0.259. The summed E-state index contributed by atoms with van der Waals surface area (Å²) in [5.41, 5.74) is 4.09. The monoisotopic (exact) mass is 306 g/mol. The Morgan fingerprint density at radius 2 is 1.70 bits per heavy atom. The molecule has 120 valence electrons. The zero-order valence-electron chi connectivity index (χ0n) is 14.2. The lowest BCUT2D eigenvalue weighted by atomic mass is 9.96. The van der Waals surface area contributed by atoms with E-state index >= 15 is 0 Å². The Morgan fingerprint density at radius 3 is 2.35 bits per heavy atom. The quantitative estimate of drug-likeness (QED) is 0.797. The maximum Gasteiger partial charge on any atom is 0.0720 e. The molecule has 1 aliphatic heterocycles. The Labute approximate surface area is 139 Å². The average Bonchev–Trinajstić information content (AvgIpc) is 2.59. The molecule has 0 bridgehead atoms. The number of piperidine rings is 1. The first kappa shape index (κ1) is 15.9. The number of hydrogen-bond donors (Lipinski definition) is 0. The van der Waals surface area contributed by atoms with Crippen molar-refractivity contribution < 1.29 is 0 Å². The molecule has 0 radical (unpaired) electrons. The predicted octanol–water partition coefficient (Wildman–Crippen LogP) is 4.73. The van der Waals surface area contributed by atoms with Crippen molar-refractivity contribution in [3.8, 4) is 0 Å². The van der Waals surface area contributed by atoms with Crippen LogP contribution in [0.5, 0.6) is 0 Å². The first-order valence-corrected chi connectivity index (χ1v) is 8.60. The molecule has 0 N–H and O–H groups in total. The molecule has 2 heteroatoms. The molecule has 2 aromatic carbocycles. The third kappa shape index (κ3) is 4.29. The van der Waals surface area contributed by atoms with Crippen LogP contribution >= 0.6 is 0 Å². The number of rotatable bonds is 4. The van der Waals surface area contributed by atoms with E-state index in [1.807, 2.05) is 0 Å². The van der Waals surface area contributed by atoms with Gasteiger partial charge in [0.1, 0.15) is 0 Å². The average molecular weight is 306 g/mol. The van der Waals surface area contributed by atoms with Crippen molar-refractivity contribution in [3.05, 3.63) is 71.8 Å². The highest BCUT2D eigenvalue weighted by molar-refractivity contribution is 5.87. The van der Waals surface area contributed by atoms with Gasteiger partial charge in [0.2, 0.25) is 0 Å². The lowest BCUT2D eigenvalue weighted by Gasteiger charge is -2.32. The second-order valence-electron chi connectivity index (χ2n) is 6.58. The van der Waals surface area contributed by atoms with Gasteiger partial charge in [0.15, 0.2) is 0 Å². The second-order valence-corrected chi connectivity index (χ2v) is 6.58. The second kappa shape index (κ2) is 7.56. The van der Waals surface area contributed by atoms with E-state index in [9.17, 15) is 0 Å². The Kier molecular flexibility index (Phi) is 5.24. The zero-order chi connectivity index (χ0) is 16.1. The molecule has 1 heterocycles. The van der Waals surface area contributed by atoms with E-state index in [1.165, 1.54) is 16.8 Å². The van der Waals surface area contributed by atoms with Crippen LogP contribution in [0, 0.1) is 5.92 Å². The van der Waals surface area contributed by atoms with Gasteiger partial charge in [0.25, 0.3) is 0 Å². The minimum absolute atomic E-state index is 0.259. The van der Waals surface area contributed by atoms with Crippen LogP contribution in [0.4, 0.5) is 0 Å². The van der Waals surface area contributed by atoms with Crippen LogP contribution < -0.4 is 0 Å². The summed E-state index contributed by atoms with van der Waals surface area (Å²) in [5.74, 6) is 0.540. The Balaban J connectivity index is 1.61. The molecule has 2 aromatic rings. The standard InChI is InChI=1S/C21H26N2/c1-17-15-23(16-19-9-5-3-6-10-19)14-13-21(17)22-18(2)20-11-7-4-8-12-20/h3-12,17-18H,13-16H2,1-2H3/b22-21+/t17?,18-/m0/s1. The topological polar surface area (TPSA) is 15.6 Å². The molecule has 0 saturated carbocycles. The van der Waals surface area contributed by atoms with E-state index in [0.29, 0.717) is 5.92 Å². The highest BCUT2D eigenvalue weighted by Gasteiger charge is 2.22. The Bertz CT molecular complexity index is 633. The molecule has 1 fully saturated rings. The molecule has 1 aliphatic rings. The Hall–Kier alpha value is -1.93. The molecular formula is C21H26N2. The number of aliphatic imine (C=N–C) groups is 1. The van der Waals surface area contributed by atoms with Crippen LogP contribution in [-0.4, -0.2) is 23.7 Å². The first-order valence-electron chi connectivity index (χ1n) is 8.60. The fraction of sp³-hybridized carbons (Fsp3) is 0.381. The van der Waals surface area contributed by atoms with Crippen molar-refractivity contribution in [1.29, 1.82) is 0 Å². The van der Waals surface area contributed by atoms with Gasteiger partial charge in [-0.3, -0.25) is 9.89 Å². The summed E-state index contributed by atoms with van der Waals surface area (Å²) in [5, 5.41) is 0. The number of hydrogen-bond acceptors (Lipinski definition) is 2. The molecule has 23 heavy (non-hydrogen) atoms. The molecule has 1 saturated heterocycles. The smallest absolute Gasteiger partial charge is 0.0720 e. The highest BCUT2D eigenvalue weighted by Crippen LogP contribution is 2.22. The largest absolute Gasteiger partial charge is 0.298 e. The van der Waals surface area contributed by atoms with Gasteiger partial charge in [-0.05, 0) is 24.5 Å². The summed E-state index contributed by atoms with van der Waals surface area (Å²) in [6.07, 6.45) is 1.09. The fourth-order valence-corrected chi connectivity index (χ4v) is 3.33. The fourth-order valence-electron chi connectivity index (χ4n) is 3.33. The van der Waals surface area contributed by atoms with Crippen molar-refractivity contribution in [2.24, 2.45) is 10.9 Å². The SMILES string of the molecule is CC1CN(Cc2ccccc2)CC/C1=N\[C@@H](C)c1ccccc1. The van der Waals surface area contributed by atoms with Gasteiger partial charge in [0, 0.05) is 31.3 Å². The number of benzene rings is 2. The van der Waals surface area contributed by atoms with Crippen molar-refractivity contribution in [3.63, 3.8) is 0 Å². The summed E-state index contributed by atoms with van der Waals surface area (Å²) in [6.45, 7) is 7.78. The van der Waals surface area contributed by atoms with Crippen molar-refractivity contribution in [2.45, 2.75) is 32.9 Å². The molecule has 0 aliphatic carbocycles. The highest BCUT2D eigenvalue weighted by atomic mass is 15.1. The van der Waals surface area contributed by atoms with Gasteiger partial charge in [-0.25, -0.2) is 0 Å². The van der Waals surface area contributed by atoms with E-state index in [-0.39, 0.29) is 6.04 Å². The van der Waals surface area contributed by atoms with E-state index in [2.05, 4.69) is 79.4 Å². The van der Waals surface area contributed by atoms with Crippen LogP contribution in [0.2, 0.25) is 0 Å². The van der Waals surface area contributed by atoms with Crippen LogP contribution in [0.3, 0.4) is 0 Å². The molecule has 0 amide bonds. The van der Waals surface area contributed by atoms with E-state index < -0.39 is 0 Å². The summed E-state index contributed by atoms with van der Waals surface area (Å²) in [7, 11) is 0. The maximum absolute atomic E-state index is 5.02. The van der Waals surface area contributed by atoms with Crippen molar-refractivity contribution >= 4 is 5.71 Å². The Morgan fingerprint density at radius 1 is 1.04 bits per heavy atom. The normalized spacial score (nSPS) is 22.2. The third-order valence-electron chi connectivity index (χ3n) is 4.68. The summed E-state index contributed by atoms with van der Waals surface area (Å²) < 4.78 is 0. The maximum atomic E-state index is 5.02. The van der Waals surface area contributed by atoms with E-state index in [4.69, 9.17) is 4.99 Å². The van der Waals surface area contributed by atoms with Crippen LogP contribution in [0.15, 0.2) is 65.7 Å². The summed E-state index contributed by atoms with van der Waals surface area (Å²) in [4.78, 5) is 7.57. The van der Waals surface area contributed by atoms with Gasteiger partial charge in [-0.2, -0.15) is 0 Å². The first-order chi connectivity index (χ1) is 11.2. The minimum Gasteiger partial charge on any atom is -0.298 e. The van der Waals surface area contributed by atoms with Crippen LogP contribution in [-0.2, 0) is 6.54 Å². The molecule has 3 rings (SSSR count). The molecule has 0 aromatic heterocycles. The number of nitrogens with zero attached hydrogens (tertiary/aromatic N) is 2. The summed E-state index contributed by atoms with van der Waals surface area (Å²) >= 11 is 0. The van der Waals surface area contributed by atoms with Gasteiger partial charge < -0.3 is 0 Å². The van der Waals surface area contributed by atoms with Gasteiger partial charge in [-0.1, -0.05) is 67.6 Å². The van der Waals surface area contributed by atoms with E-state index in [1.54, 1.807) is 0 Å². The van der Waals surface area contributed by atoms with E-state index in [0.717, 1.165) is 26.1 Å². The van der Waals surface area contributed by atoms with Crippen LogP contribution in [0.25, 0.3) is 0 Å². The molecule has 2 nitrogen and oxygen atoms in total. The lowest BCUT2D eigenvalue weighted by Crippen LogP contribution is -2.39. The zero-order valence-corrected chi connectivity index (χ0v) is 14.2. The lowest BCUT2D eigenvalue weighted by molar-refractivity contribution is 0.237. The molecule has 0 spiro atoms. The van der Waals surface area contributed by atoms with Gasteiger partial charge in [0.05, 0.1) is 6.04 Å². The summed E-state index contributed by atoms with van der Waals surface area (Å²) in [6, 6.07) is 21.6. The predicted molar refractivity (Wildman–Crippen MR) is 97.8 cm³/mol.